The maximum atomic E-state index is 12.8. The molecule has 0 radical (unpaired) electrons. The van der Waals surface area contributed by atoms with Crippen LogP contribution >= 0.6 is 0 Å². The van der Waals surface area contributed by atoms with Gasteiger partial charge in [0.05, 0.1) is 19.1 Å². The second kappa shape index (κ2) is 9.56. The summed E-state index contributed by atoms with van der Waals surface area (Å²) in [6, 6.07) is 22.7. The van der Waals surface area contributed by atoms with E-state index in [1.54, 1.807) is 31.2 Å². The fourth-order valence-electron chi connectivity index (χ4n) is 3.71. The van der Waals surface area contributed by atoms with Gasteiger partial charge in [0, 0.05) is 19.2 Å². The minimum absolute atomic E-state index is 0.106. The molecular formula is C26H25NO5. The largest absolute Gasteiger partial charge is 0.493 e. The molecule has 0 aliphatic carbocycles. The van der Waals surface area contributed by atoms with E-state index in [0.29, 0.717) is 30.2 Å². The first kappa shape index (κ1) is 21.4. The highest BCUT2D eigenvalue weighted by Crippen LogP contribution is 2.33. The lowest BCUT2D eigenvalue weighted by atomic mass is 10.0. The highest BCUT2D eigenvalue weighted by Gasteiger charge is 2.32. The zero-order chi connectivity index (χ0) is 22.5. The quantitative estimate of drug-likeness (QED) is 0.490. The first-order valence-corrected chi connectivity index (χ1v) is 10.4. The minimum atomic E-state index is -0.544. The average molecular weight is 431 g/mol. The molecule has 1 aliphatic heterocycles. The van der Waals surface area contributed by atoms with Crippen LogP contribution in [0.5, 0.6) is 11.5 Å². The molecule has 164 valence electrons. The number of ether oxygens (including phenoxy) is 3. The van der Waals surface area contributed by atoms with Crippen molar-refractivity contribution in [2.24, 2.45) is 0 Å². The number of amides is 1. The number of carbonyl (C=O) groups is 2. The van der Waals surface area contributed by atoms with Gasteiger partial charge in [0.25, 0.3) is 0 Å². The molecule has 1 unspecified atom stereocenters. The van der Waals surface area contributed by atoms with Gasteiger partial charge in [0.2, 0.25) is 5.91 Å². The van der Waals surface area contributed by atoms with Crippen LogP contribution in [0.2, 0.25) is 0 Å². The van der Waals surface area contributed by atoms with Crippen LogP contribution in [0.25, 0.3) is 0 Å². The number of fused-ring (bicyclic) bond motifs is 1. The van der Waals surface area contributed by atoms with Crippen LogP contribution in [-0.4, -0.2) is 30.9 Å². The number of methoxy groups -OCH3 is 1. The van der Waals surface area contributed by atoms with Crippen LogP contribution in [0.1, 0.15) is 39.6 Å². The van der Waals surface area contributed by atoms with Crippen LogP contribution in [0, 0.1) is 0 Å². The Labute approximate surface area is 187 Å². The molecule has 1 heterocycles. The summed E-state index contributed by atoms with van der Waals surface area (Å²) in [5, 5.41) is 0. The van der Waals surface area contributed by atoms with Gasteiger partial charge in [0.1, 0.15) is 12.7 Å². The molecule has 6 nitrogen and oxygen atoms in total. The molecule has 0 aromatic heterocycles. The van der Waals surface area contributed by atoms with Crippen LogP contribution in [0.15, 0.2) is 72.8 Å². The van der Waals surface area contributed by atoms with E-state index in [0.717, 1.165) is 16.7 Å². The molecule has 1 amide bonds. The summed E-state index contributed by atoms with van der Waals surface area (Å²) in [4.78, 5) is 26.4. The fraction of sp³-hybridized carbons (Fsp3) is 0.231. The lowest BCUT2D eigenvalue weighted by Crippen LogP contribution is -2.27. The molecule has 0 spiro atoms. The van der Waals surface area contributed by atoms with Gasteiger partial charge in [-0.25, -0.2) is 4.79 Å². The molecule has 0 bridgehead atoms. The van der Waals surface area contributed by atoms with Crippen molar-refractivity contribution in [1.29, 1.82) is 0 Å². The summed E-state index contributed by atoms with van der Waals surface area (Å²) in [6.07, 6.45) is -0.439. The third-order valence-electron chi connectivity index (χ3n) is 5.45. The summed E-state index contributed by atoms with van der Waals surface area (Å²) >= 11 is 0. The highest BCUT2D eigenvalue weighted by molar-refractivity contribution is 5.94. The normalized spacial score (nSPS) is 14.4. The summed E-state index contributed by atoms with van der Waals surface area (Å²) < 4.78 is 16.8. The van der Waals surface area contributed by atoms with Gasteiger partial charge < -0.3 is 19.1 Å². The molecule has 6 heteroatoms. The maximum Gasteiger partial charge on any atom is 0.339 e. The van der Waals surface area contributed by atoms with E-state index in [9.17, 15) is 9.59 Å². The van der Waals surface area contributed by atoms with Gasteiger partial charge in [-0.05, 0) is 29.3 Å². The van der Waals surface area contributed by atoms with Crippen molar-refractivity contribution in [3.05, 3.63) is 95.1 Å². The Morgan fingerprint density at radius 1 is 0.969 bits per heavy atom. The number of nitrogens with zero attached hydrogens (tertiary/aromatic N) is 1. The molecule has 32 heavy (non-hydrogen) atoms. The second-order valence-electron chi connectivity index (χ2n) is 7.69. The van der Waals surface area contributed by atoms with Crippen molar-refractivity contribution in [2.75, 3.05) is 14.2 Å². The average Bonchev–Trinajstić information content (AvgIpc) is 3.14. The van der Waals surface area contributed by atoms with E-state index in [4.69, 9.17) is 14.2 Å². The van der Waals surface area contributed by atoms with Gasteiger partial charge in [-0.1, -0.05) is 54.6 Å². The van der Waals surface area contributed by atoms with E-state index in [1.165, 1.54) is 0 Å². The molecule has 3 aromatic rings. The maximum absolute atomic E-state index is 12.8. The minimum Gasteiger partial charge on any atom is -0.493 e. The standard InChI is InChI=1S/C26H25NO5/c1-27(25(28)15-23-20-10-6-7-11-21(20)26(29)32-23)16-19-12-13-22(24(14-19)30-2)31-17-18-8-4-3-5-9-18/h3-14,23H,15-17H2,1-2H3. The predicted octanol–water partition coefficient (Wildman–Crippen LogP) is 4.53. The first-order chi connectivity index (χ1) is 15.5. The van der Waals surface area contributed by atoms with E-state index >= 15 is 0 Å². The first-order valence-electron chi connectivity index (χ1n) is 10.4. The molecule has 3 aromatic carbocycles. The molecule has 4 rings (SSSR count). The summed E-state index contributed by atoms with van der Waals surface area (Å²) in [5.74, 6) is 0.765. The van der Waals surface area contributed by atoms with E-state index in [-0.39, 0.29) is 18.3 Å². The van der Waals surface area contributed by atoms with E-state index in [1.807, 2.05) is 60.7 Å². The van der Waals surface area contributed by atoms with Crippen LogP contribution in [0.4, 0.5) is 0 Å². The highest BCUT2D eigenvalue weighted by atomic mass is 16.5. The van der Waals surface area contributed by atoms with Crippen molar-refractivity contribution < 1.29 is 23.8 Å². The van der Waals surface area contributed by atoms with Crippen LogP contribution in [-0.2, 0) is 22.7 Å². The lowest BCUT2D eigenvalue weighted by molar-refractivity contribution is -0.132. The monoisotopic (exact) mass is 431 g/mol. The number of rotatable bonds is 8. The SMILES string of the molecule is COc1cc(CN(C)C(=O)CC2OC(=O)c3ccccc32)ccc1OCc1ccccc1. The number of benzene rings is 3. The van der Waals surface area contributed by atoms with Crippen LogP contribution in [0.3, 0.4) is 0 Å². The topological polar surface area (TPSA) is 65.1 Å². The van der Waals surface area contributed by atoms with E-state index < -0.39 is 6.10 Å². The summed E-state index contributed by atoms with van der Waals surface area (Å²) in [7, 11) is 3.33. The Kier molecular flexibility index (Phi) is 6.40. The van der Waals surface area contributed by atoms with Gasteiger partial charge in [-0.15, -0.1) is 0 Å². The Hall–Kier alpha value is -3.80. The van der Waals surface area contributed by atoms with Crippen molar-refractivity contribution in [3.63, 3.8) is 0 Å². The summed E-state index contributed by atoms with van der Waals surface area (Å²) in [6.45, 7) is 0.840. The number of hydrogen-bond donors (Lipinski definition) is 0. The summed E-state index contributed by atoms with van der Waals surface area (Å²) in [5.41, 5.74) is 3.27. The van der Waals surface area contributed by atoms with Gasteiger partial charge in [-0.2, -0.15) is 0 Å². The molecule has 0 saturated carbocycles. The third kappa shape index (κ3) is 4.75. The molecular weight excluding hydrogens is 406 g/mol. The number of carbonyl (C=O) groups excluding carboxylic acids is 2. The number of hydrogen-bond acceptors (Lipinski definition) is 5. The fourth-order valence-corrected chi connectivity index (χ4v) is 3.71. The zero-order valence-electron chi connectivity index (χ0n) is 18.1. The van der Waals surface area contributed by atoms with Gasteiger partial charge in [-0.3, -0.25) is 4.79 Å². The lowest BCUT2D eigenvalue weighted by Gasteiger charge is -2.20. The van der Waals surface area contributed by atoms with Crippen LogP contribution < -0.4 is 9.47 Å². The molecule has 0 saturated heterocycles. The third-order valence-corrected chi connectivity index (χ3v) is 5.45. The van der Waals surface area contributed by atoms with Gasteiger partial charge >= 0.3 is 5.97 Å². The van der Waals surface area contributed by atoms with E-state index in [2.05, 4.69) is 0 Å². The Balaban J connectivity index is 1.38. The molecule has 1 atom stereocenters. The molecule has 0 N–H and O–H groups in total. The van der Waals surface area contributed by atoms with Gasteiger partial charge in [0.15, 0.2) is 11.5 Å². The smallest absolute Gasteiger partial charge is 0.339 e. The Bertz CT molecular complexity index is 1110. The Morgan fingerprint density at radius 3 is 2.50 bits per heavy atom. The number of esters is 1. The van der Waals surface area contributed by atoms with Crippen molar-refractivity contribution in [1.82, 2.24) is 4.90 Å². The predicted molar refractivity (Wildman–Crippen MR) is 119 cm³/mol. The second-order valence-corrected chi connectivity index (χ2v) is 7.69. The van der Waals surface area contributed by atoms with Crippen molar-refractivity contribution in [2.45, 2.75) is 25.7 Å². The Morgan fingerprint density at radius 2 is 1.72 bits per heavy atom. The van der Waals surface area contributed by atoms with Crippen molar-refractivity contribution in [3.8, 4) is 11.5 Å². The number of cyclic esters (lactones) is 1. The van der Waals surface area contributed by atoms with Crippen molar-refractivity contribution >= 4 is 11.9 Å². The molecule has 1 aliphatic rings. The zero-order valence-corrected chi connectivity index (χ0v) is 18.1. The molecule has 0 fully saturated rings.